The molecule has 0 unspecified atom stereocenters. The molecule has 0 aromatic heterocycles. The number of piperazine rings is 1. The van der Waals surface area contributed by atoms with Crippen LogP contribution in [0.3, 0.4) is 0 Å². The molecule has 3 rings (SSSR count). The molecule has 0 radical (unpaired) electrons. The Labute approximate surface area is 174 Å². The maximum Gasteiger partial charge on any atom is 0.243 e. The van der Waals surface area contributed by atoms with Gasteiger partial charge in [-0.25, -0.2) is 8.42 Å². The summed E-state index contributed by atoms with van der Waals surface area (Å²) in [6.45, 7) is 3.27. The highest BCUT2D eigenvalue weighted by molar-refractivity contribution is 7.89. The summed E-state index contributed by atoms with van der Waals surface area (Å²) in [5.41, 5.74) is 2.41. The van der Waals surface area contributed by atoms with Gasteiger partial charge in [-0.05, 0) is 29.8 Å². The van der Waals surface area contributed by atoms with E-state index in [0.717, 1.165) is 19.6 Å². The zero-order chi connectivity index (χ0) is 19.4. The Hall–Kier alpha value is -1.80. The largest absolute Gasteiger partial charge is 0.497 e. The van der Waals surface area contributed by atoms with Crippen LogP contribution in [0.4, 0.5) is 5.69 Å². The third kappa shape index (κ3) is 5.17. The first-order valence-corrected chi connectivity index (χ1v) is 10.5. The van der Waals surface area contributed by atoms with Crippen LogP contribution in [0.1, 0.15) is 5.56 Å². The third-order valence-electron chi connectivity index (χ3n) is 4.87. The van der Waals surface area contributed by atoms with Gasteiger partial charge in [0, 0.05) is 58.6 Å². The maximum absolute atomic E-state index is 12.9. The summed E-state index contributed by atoms with van der Waals surface area (Å²) in [5.74, 6) is 0.552. The summed E-state index contributed by atoms with van der Waals surface area (Å²) in [5, 5.41) is 0. The summed E-state index contributed by atoms with van der Waals surface area (Å²) in [6.07, 6.45) is 0. The Morgan fingerprint density at radius 2 is 1.64 bits per heavy atom. The summed E-state index contributed by atoms with van der Waals surface area (Å²) in [4.78, 5) is 4.66. The Morgan fingerprint density at radius 1 is 1.00 bits per heavy atom. The van der Waals surface area contributed by atoms with Gasteiger partial charge in [0.1, 0.15) is 5.75 Å². The van der Waals surface area contributed by atoms with Gasteiger partial charge in [0.2, 0.25) is 10.0 Å². The van der Waals surface area contributed by atoms with E-state index in [0.29, 0.717) is 18.8 Å². The van der Waals surface area contributed by atoms with Crippen molar-refractivity contribution in [1.82, 2.24) is 9.21 Å². The molecule has 1 fully saturated rings. The highest BCUT2D eigenvalue weighted by Crippen LogP contribution is 2.22. The summed E-state index contributed by atoms with van der Waals surface area (Å²) in [7, 11) is 2.10. The smallest absolute Gasteiger partial charge is 0.243 e. The lowest BCUT2D eigenvalue weighted by atomic mass is 10.2. The van der Waals surface area contributed by atoms with Crippen molar-refractivity contribution in [1.29, 1.82) is 0 Å². The van der Waals surface area contributed by atoms with Crippen LogP contribution in [0.15, 0.2) is 53.4 Å². The van der Waals surface area contributed by atoms with E-state index >= 15 is 0 Å². The van der Waals surface area contributed by atoms with E-state index in [1.807, 2.05) is 14.1 Å². The molecule has 0 saturated carbocycles. The minimum Gasteiger partial charge on any atom is -0.497 e. The van der Waals surface area contributed by atoms with E-state index < -0.39 is 10.0 Å². The van der Waals surface area contributed by atoms with Gasteiger partial charge in [-0.2, -0.15) is 4.31 Å². The van der Waals surface area contributed by atoms with Gasteiger partial charge in [-0.1, -0.05) is 18.2 Å². The van der Waals surface area contributed by atoms with Crippen LogP contribution in [0.2, 0.25) is 0 Å². The number of methoxy groups -OCH3 is 1. The van der Waals surface area contributed by atoms with E-state index in [2.05, 4.69) is 34.1 Å². The van der Waals surface area contributed by atoms with Crippen molar-refractivity contribution in [2.45, 2.75) is 11.4 Å². The zero-order valence-corrected chi connectivity index (χ0v) is 18.2. The van der Waals surface area contributed by atoms with Crippen LogP contribution in [-0.4, -0.2) is 65.0 Å². The summed E-state index contributed by atoms with van der Waals surface area (Å²) >= 11 is 0. The second kappa shape index (κ2) is 9.60. The normalized spacial score (nSPS) is 15.7. The number of nitrogens with zero attached hydrogens (tertiary/aromatic N) is 3. The molecule has 1 aliphatic rings. The molecule has 2 aromatic carbocycles. The van der Waals surface area contributed by atoms with Gasteiger partial charge < -0.3 is 9.64 Å². The van der Waals surface area contributed by atoms with Crippen LogP contribution < -0.4 is 9.64 Å². The lowest BCUT2D eigenvalue weighted by molar-refractivity contribution is 0.181. The molecule has 1 aliphatic heterocycles. The van der Waals surface area contributed by atoms with Crippen LogP contribution in [0.5, 0.6) is 5.75 Å². The number of benzene rings is 2. The van der Waals surface area contributed by atoms with Gasteiger partial charge in [0.15, 0.2) is 0 Å². The Kier molecular flexibility index (Phi) is 7.71. The summed E-state index contributed by atoms with van der Waals surface area (Å²) < 4.78 is 32.5. The van der Waals surface area contributed by atoms with E-state index in [1.54, 1.807) is 28.6 Å². The standard InChI is InChI=1S/C20H27N3O3S.ClH/c1-21(2)18-9-7-17(8-10-18)16-22-11-13-23(14-12-22)27(24,25)20-6-4-5-19(15-20)26-3;/h4-10,15H,11-14,16H2,1-3H3;1H. The van der Waals surface area contributed by atoms with E-state index in [4.69, 9.17) is 4.74 Å². The first kappa shape index (κ1) is 22.5. The molecular formula is C20H28ClN3O3S. The molecule has 0 bridgehead atoms. The average Bonchev–Trinajstić information content (AvgIpc) is 2.69. The van der Waals surface area contributed by atoms with Crippen LogP contribution in [0.25, 0.3) is 0 Å². The Morgan fingerprint density at radius 3 is 2.21 bits per heavy atom. The Bertz CT molecular complexity index is 865. The molecule has 6 nitrogen and oxygen atoms in total. The van der Waals surface area contributed by atoms with Gasteiger partial charge in [0.25, 0.3) is 0 Å². The van der Waals surface area contributed by atoms with Crippen molar-refractivity contribution in [3.05, 3.63) is 54.1 Å². The van der Waals surface area contributed by atoms with Gasteiger partial charge in [-0.15, -0.1) is 12.4 Å². The third-order valence-corrected chi connectivity index (χ3v) is 6.76. The molecule has 1 heterocycles. The SMILES string of the molecule is COc1cccc(S(=O)(=O)N2CCN(Cc3ccc(N(C)C)cc3)CC2)c1.Cl. The van der Waals surface area contributed by atoms with Crippen molar-refractivity contribution < 1.29 is 13.2 Å². The fourth-order valence-electron chi connectivity index (χ4n) is 3.20. The lowest BCUT2D eigenvalue weighted by Crippen LogP contribution is -2.48. The van der Waals surface area contributed by atoms with Crippen molar-refractivity contribution in [3.8, 4) is 5.75 Å². The molecule has 8 heteroatoms. The number of rotatable bonds is 6. The van der Waals surface area contributed by atoms with E-state index in [1.165, 1.54) is 18.4 Å². The van der Waals surface area contributed by atoms with Crippen molar-refractivity contribution >= 4 is 28.1 Å². The summed E-state index contributed by atoms with van der Waals surface area (Å²) in [6, 6.07) is 15.1. The zero-order valence-electron chi connectivity index (χ0n) is 16.5. The quantitative estimate of drug-likeness (QED) is 0.712. The number of sulfonamides is 1. The second-order valence-corrected chi connectivity index (χ2v) is 8.86. The van der Waals surface area contributed by atoms with Gasteiger partial charge >= 0.3 is 0 Å². The minimum absolute atomic E-state index is 0. The molecule has 0 N–H and O–H groups in total. The van der Waals surface area contributed by atoms with Crippen LogP contribution >= 0.6 is 12.4 Å². The van der Waals surface area contributed by atoms with E-state index in [9.17, 15) is 8.42 Å². The number of hydrogen-bond acceptors (Lipinski definition) is 5. The molecular weight excluding hydrogens is 398 g/mol. The first-order valence-electron chi connectivity index (χ1n) is 9.03. The number of halogens is 1. The number of anilines is 1. The van der Waals surface area contributed by atoms with Gasteiger partial charge in [0.05, 0.1) is 12.0 Å². The van der Waals surface area contributed by atoms with Crippen molar-refractivity contribution in [3.63, 3.8) is 0 Å². The first-order chi connectivity index (χ1) is 12.9. The predicted molar refractivity (Wildman–Crippen MR) is 115 cm³/mol. The molecule has 0 spiro atoms. The topological polar surface area (TPSA) is 53.1 Å². The molecule has 0 atom stereocenters. The Balaban J connectivity index is 0.00000280. The predicted octanol–water partition coefficient (Wildman–Crippen LogP) is 2.69. The minimum atomic E-state index is -3.48. The fourth-order valence-corrected chi connectivity index (χ4v) is 4.65. The molecule has 0 amide bonds. The van der Waals surface area contributed by atoms with Crippen LogP contribution in [-0.2, 0) is 16.6 Å². The maximum atomic E-state index is 12.9. The van der Waals surface area contributed by atoms with Crippen molar-refractivity contribution in [2.24, 2.45) is 0 Å². The highest BCUT2D eigenvalue weighted by Gasteiger charge is 2.28. The molecule has 154 valence electrons. The molecule has 0 aliphatic carbocycles. The monoisotopic (exact) mass is 425 g/mol. The lowest BCUT2D eigenvalue weighted by Gasteiger charge is -2.34. The highest BCUT2D eigenvalue weighted by atomic mass is 35.5. The number of ether oxygens (including phenoxy) is 1. The van der Waals surface area contributed by atoms with Crippen LogP contribution in [0, 0.1) is 0 Å². The molecule has 28 heavy (non-hydrogen) atoms. The fraction of sp³-hybridized carbons (Fsp3) is 0.400. The van der Waals surface area contributed by atoms with Gasteiger partial charge in [-0.3, -0.25) is 4.90 Å². The molecule has 1 saturated heterocycles. The average molecular weight is 426 g/mol. The van der Waals surface area contributed by atoms with Crippen molar-refractivity contribution in [2.75, 3.05) is 52.3 Å². The second-order valence-electron chi connectivity index (χ2n) is 6.92. The van der Waals surface area contributed by atoms with E-state index in [-0.39, 0.29) is 17.3 Å². The number of hydrogen-bond donors (Lipinski definition) is 0. The molecule has 2 aromatic rings.